The third kappa shape index (κ3) is 5.75. The molecule has 2 aromatic heterocycles. The van der Waals surface area contributed by atoms with Crippen LogP contribution in [0, 0.1) is 6.92 Å². The number of hydrogen-bond donors (Lipinski definition) is 2. The van der Waals surface area contributed by atoms with Crippen LogP contribution in [0.3, 0.4) is 0 Å². The molecule has 0 spiro atoms. The molecule has 1 amide bonds. The molecule has 9 heteroatoms. The molecule has 0 unspecified atom stereocenters. The fraction of sp³-hybridized carbons (Fsp3) is 0.360. The summed E-state index contributed by atoms with van der Waals surface area (Å²) in [5, 5.41) is 7.04. The molecule has 0 aliphatic heterocycles. The van der Waals surface area contributed by atoms with Gasteiger partial charge in [-0.2, -0.15) is 4.98 Å². The van der Waals surface area contributed by atoms with Crippen molar-refractivity contribution in [3.63, 3.8) is 0 Å². The minimum Gasteiger partial charge on any atom is -0.437 e. The van der Waals surface area contributed by atoms with Gasteiger partial charge in [0.2, 0.25) is 11.8 Å². The number of hydrogen-bond acceptors (Lipinski definition) is 7. The summed E-state index contributed by atoms with van der Waals surface area (Å²) in [4.78, 5) is 28.3. The summed E-state index contributed by atoms with van der Waals surface area (Å²) in [5.41, 5.74) is 1.42. The smallest absolute Gasteiger partial charge is 0.257 e. The summed E-state index contributed by atoms with van der Waals surface area (Å²) >= 11 is 6.19. The van der Waals surface area contributed by atoms with Crippen LogP contribution in [0.2, 0.25) is 5.02 Å². The van der Waals surface area contributed by atoms with Gasteiger partial charge in [0.25, 0.3) is 5.91 Å². The highest BCUT2D eigenvalue weighted by atomic mass is 35.5. The van der Waals surface area contributed by atoms with Gasteiger partial charge in [0.05, 0.1) is 5.02 Å². The molecule has 0 radical (unpaired) electrons. The normalized spacial score (nSPS) is 17.6. The lowest BCUT2D eigenvalue weighted by atomic mass is 9.91. The fourth-order valence-electron chi connectivity index (χ4n) is 4.06. The van der Waals surface area contributed by atoms with Gasteiger partial charge in [-0.05, 0) is 56.9 Å². The number of carbonyl (C=O) groups is 1. The lowest BCUT2D eigenvalue weighted by Gasteiger charge is -2.30. The largest absolute Gasteiger partial charge is 0.437 e. The average molecular weight is 481 g/mol. The van der Waals surface area contributed by atoms with Gasteiger partial charge in [-0.15, -0.1) is 0 Å². The SMILES string of the molecule is Cc1cnc(N[C@H]2CC[C@@H](NC(=O)c3cccnc3Oc3ccccc3Cl)CC2)nc1N(C)C. The third-order valence-electron chi connectivity index (χ3n) is 5.82. The molecule has 2 N–H and O–H groups in total. The Morgan fingerprint density at radius 3 is 2.53 bits per heavy atom. The number of nitrogens with zero attached hydrogens (tertiary/aromatic N) is 4. The topological polar surface area (TPSA) is 92.3 Å². The van der Waals surface area contributed by atoms with Gasteiger partial charge < -0.3 is 20.3 Å². The van der Waals surface area contributed by atoms with Crippen LogP contribution < -0.4 is 20.3 Å². The van der Waals surface area contributed by atoms with E-state index < -0.39 is 0 Å². The van der Waals surface area contributed by atoms with E-state index >= 15 is 0 Å². The number of ether oxygens (including phenoxy) is 1. The van der Waals surface area contributed by atoms with Crippen molar-refractivity contribution in [3.8, 4) is 11.6 Å². The van der Waals surface area contributed by atoms with Crippen LogP contribution in [0.15, 0.2) is 48.8 Å². The highest BCUT2D eigenvalue weighted by Crippen LogP contribution is 2.30. The van der Waals surface area contributed by atoms with Crippen molar-refractivity contribution in [2.75, 3.05) is 24.3 Å². The lowest BCUT2D eigenvalue weighted by molar-refractivity contribution is 0.0923. The maximum absolute atomic E-state index is 13.0. The molecular weight excluding hydrogens is 452 g/mol. The molecule has 34 heavy (non-hydrogen) atoms. The Bertz CT molecular complexity index is 1150. The van der Waals surface area contributed by atoms with Gasteiger partial charge in [-0.3, -0.25) is 4.79 Å². The summed E-state index contributed by atoms with van der Waals surface area (Å²) in [6, 6.07) is 10.9. The third-order valence-corrected chi connectivity index (χ3v) is 6.14. The molecule has 1 aromatic carbocycles. The highest BCUT2D eigenvalue weighted by Gasteiger charge is 2.25. The number of nitrogens with one attached hydrogen (secondary N) is 2. The van der Waals surface area contributed by atoms with E-state index in [1.807, 2.05) is 44.2 Å². The number of aromatic nitrogens is 3. The maximum atomic E-state index is 13.0. The standard InChI is InChI=1S/C25H29ClN6O2/c1-16-15-28-25(31-22(16)32(2)3)30-18-12-10-17(11-13-18)29-23(33)19-7-6-14-27-24(19)34-21-9-5-4-8-20(21)26/h4-9,14-15,17-18H,10-13H2,1-3H3,(H,29,33)(H,28,30,31)/t17-,18+. The van der Waals surface area contributed by atoms with Crippen molar-refractivity contribution in [1.82, 2.24) is 20.3 Å². The van der Waals surface area contributed by atoms with Gasteiger partial charge >= 0.3 is 0 Å². The molecule has 1 aliphatic carbocycles. The molecule has 2 heterocycles. The monoisotopic (exact) mass is 480 g/mol. The Morgan fingerprint density at radius 1 is 1.06 bits per heavy atom. The number of carbonyl (C=O) groups excluding carboxylic acids is 1. The molecule has 8 nitrogen and oxygen atoms in total. The molecule has 0 bridgehead atoms. The number of halogens is 1. The molecule has 4 rings (SSSR count). The Labute approximate surface area is 204 Å². The van der Waals surface area contributed by atoms with Crippen molar-refractivity contribution in [2.24, 2.45) is 0 Å². The number of benzene rings is 1. The van der Waals surface area contributed by atoms with Crippen LogP contribution in [0.25, 0.3) is 0 Å². The lowest BCUT2D eigenvalue weighted by Crippen LogP contribution is -2.40. The van der Waals surface area contributed by atoms with E-state index in [9.17, 15) is 4.79 Å². The van der Waals surface area contributed by atoms with Gasteiger partial charge in [-0.25, -0.2) is 9.97 Å². The minimum atomic E-state index is -0.205. The Kier molecular flexibility index (Phi) is 7.47. The number of para-hydroxylation sites is 1. The molecule has 1 aliphatic rings. The van der Waals surface area contributed by atoms with Gasteiger partial charge in [0, 0.05) is 44.1 Å². The van der Waals surface area contributed by atoms with Crippen molar-refractivity contribution in [2.45, 2.75) is 44.7 Å². The van der Waals surface area contributed by atoms with Crippen molar-refractivity contribution in [1.29, 1.82) is 0 Å². The first kappa shape index (κ1) is 23.8. The van der Waals surface area contributed by atoms with E-state index in [4.69, 9.17) is 16.3 Å². The zero-order valence-corrected chi connectivity index (χ0v) is 20.3. The molecule has 1 fully saturated rings. The second-order valence-electron chi connectivity index (χ2n) is 8.65. The molecule has 3 aromatic rings. The first-order chi connectivity index (χ1) is 16.4. The summed E-state index contributed by atoms with van der Waals surface area (Å²) in [5.74, 6) is 2.03. The molecular formula is C25H29ClN6O2. The second-order valence-corrected chi connectivity index (χ2v) is 9.06. The predicted octanol–water partition coefficient (Wildman–Crippen LogP) is 4.84. The molecule has 1 saturated carbocycles. The summed E-state index contributed by atoms with van der Waals surface area (Å²) < 4.78 is 5.84. The van der Waals surface area contributed by atoms with Gasteiger partial charge in [0.15, 0.2) is 0 Å². The highest BCUT2D eigenvalue weighted by molar-refractivity contribution is 6.32. The number of amides is 1. The number of anilines is 2. The minimum absolute atomic E-state index is 0.0789. The number of rotatable bonds is 7. The van der Waals surface area contributed by atoms with Crippen LogP contribution in [0.5, 0.6) is 11.6 Å². The van der Waals surface area contributed by atoms with Crippen LogP contribution in [-0.2, 0) is 0 Å². The molecule has 0 saturated heterocycles. The first-order valence-electron chi connectivity index (χ1n) is 11.4. The van der Waals surface area contributed by atoms with Crippen molar-refractivity contribution < 1.29 is 9.53 Å². The quantitative estimate of drug-likeness (QED) is 0.499. The first-order valence-corrected chi connectivity index (χ1v) is 11.7. The van der Waals surface area contributed by atoms with Crippen LogP contribution >= 0.6 is 11.6 Å². The Hall–Kier alpha value is -3.39. The van der Waals surface area contributed by atoms with E-state index in [-0.39, 0.29) is 23.9 Å². The summed E-state index contributed by atoms with van der Waals surface area (Å²) in [7, 11) is 3.94. The zero-order valence-electron chi connectivity index (χ0n) is 19.6. The van der Waals surface area contributed by atoms with E-state index in [0.717, 1.165) is 37.1 Å². The predicted molar refractivity (Wildman–Crippen MR) is 134 cm³/mol. The second kappa shape index (κ2) is 10.7. The van der Waals surface area contributed by atoms with E-state index in [2.05, 4.69) is 25.6 Å². The Morgan fingerprint density at radius 2 is 1.79 bits per heavy atom. The fourth-order valence-corrected chi connectivity index (χ4v) is 4.23. The Balaban J connectivity index is 1.34. The molecule has 0 atom stereocenters. The van der Waals surface area contributed by atoms with Gasteiger partial charge in [-0.1, -0.05) is 23.7 Å². The summed E-state index contributed by atoms with van der Waals surface area (Å²) in [6.45, 7) is 2.00. The average Bonchev–Trinajstić information content (AvgIpc) is 2.83. The zero-order chi connectivity index (χ0) is 24.1. The summed E-state index contributed by atoms with van der Waals surface area (Å²) in [6.07, 6.45) is 6.97. The van der Waals surface area contributed by atoms with E-state index in [1.54, 1.807) is 30.5 Å². The van der Waals surface area contributed by atoms with Crippen molar-refractivity contribution >= 4 is 29.3 Å². The number of aryl methyl sites for hydroxylation is 1. The van der Waals surface area contributed by atoms with Crippen LogP contribution in [0.1, 0.15) is 41.6 Å². The maximum Gasteiger partial charge on any atom is 0.257 e. The van der Waals surface area contributed by atoms with Gasteiger partial charge in [0.1, 0.15) is 17.1 Å². The van der Waals surface area contributed by atoms with E-state index in [1.165, 1.54) is 0 Å². The van der Waals surface area contributed by atoms with Crippen molar-refractivity contribution in [3.05, 3.63) is 64.9 Å². The molecule has 178 valence electrons. The number of pyridine rings is 1. The van der Waals surface area contributed by atoms with E-state index in [0.29, 0.717) is 22.3 Å². The van der Waals surface area contributed by atoms with Crippen LogP contribution in [0.4, 0.5) is 11.8 Å². The van der Waals surface area contributed by atoms with Crippen LogP contribution in [-0.4, -0.2) is 47.0 Å².